The molecule has 1 fully saturated rings. The average molecular weight is 494 g/mol. The number of nitro groups is 1. The normalized spacial score (nSPS) is 15.0. The number of thioether (sulfide) groups is 1. The molecule has 1 heterocycles. The SMILES string of the molecule is COc1ccc(C(=O)NN2C(=O)/C(=C/c3ccc(Br)c([N+](=O)[O-])c3)SC2=S)cc1. The maximum atomic E-state index is 12.6. The Kier molecular flexibility index (Phi) is 6.30. The van der Waals surface area contributed by atoms with Gasteiger partial charge in [0.2, 0.25) is 0 Å². The van der Waals surface area contributed by atoms with Gasteiger partial charge in [0.05, 0.1) is 21.4 Å². The molecule has 1 aliphatic heterocycles. The number of carbonyl (C=O) groups excluding carboxylic acids is 2. The molecule has 29 heavy (non-hydrogen) atoms. The summed E-state index contributed by atoms with van der Waals surface area (Å²) in [5, 5.41) is 12.1. The zero-order valence-corrected chi connectivity index (χ0v) is 18.0. The maximum absolute atomic E-state index is 12.6. The molecule has 1 aliphatic rings. The standard InChI is InChI=1S/C18H12BrN3O5S2/c1-27-12-5-3-11(4-6-12)16(23)20-21-17(24)15(29-18(21)28)9-10-2-7-13(19)14(8-10)22(25)26/h2-9H,1H3,(H,20,23)/b15-9-. The van der Waals surface area contributed by atoms with E-state index >= 15 is 0 Å². The van der Waals surface area contributed by atoms with Crippen LogP contribution in [0.2, 0.25) is 0 Å². The number of halogens is 1. The molecule has 0 unspecified atom stereocenters. The molecule has 0 saturated carbocycles. The Hall–Kier alpha value is -2.76. The molecule has 0 spiro atoms. The lowest BCUT2D eigenvalue weighted by atomic mass is 10.2. The predicted octanol–water partition coefficient (Wildman–Crippen LogP) is 3.91. The summed E-state index contributed by atoms with van der Waals surface area (Å²) in [4.78, 5) is 35.8. The van der Waals surface area contributed by atoms with Crippen molar-refractivity contribution in [2.24, 2.45) is 0 Å². The molecular weight excluding hydrogens is 482 g/mol. The minimum atomic E-state index is -0.526. The summed E-state index contributed by atoms with van der Waals surface area (Å²) < 4.78 is 5.52. The first-order valence-corrected chi connectivity index (χ1v) is 9.99. The number of benzene rings is 2. The van der Waals surface area contributed by atoms with Gasteiger partial charge < -0.3 is 4.74 Å². The van der Waals surface area contributed by atoms with E-state index in [1.165, 1.54) is 25.3 Å². The zero-order valence-electron chi connectivity index (χ0n) is 14.7. The van der Waals surface area contributed by atoms with Crippen LogP contribution in [-0.2, 0) is 4.79 Å². The molecule has 0 aliphatic carbocycles. The van der Waals surface area contributed by atoms with Gasteiger partial charge in [-0.2, -0.15) is 5.01 Å². The fraction of sp³-hybridized carbons (Fsp3) is 0.0556. The number of hydrogen-bond donors (Lipinski definition) is 1. The summed E-state index contributed by atoms with van der Waals surface area (Å²) in [5.41, 5.74) is 3.14. The van der Waals surface area contributed by atoms with Crippen molar-refractivity contribution in [3.63, 3.8) is 0 Å². The van der Waals surface area contributed by atoms with E-state index in [9.17, 15) is 19.7 Å². The van der Waals surface area contributed by atoms with Gasteiger partial charge >= 0.3 is 0 Å². The third kappa shape index (κ3) is 4.63. The molecule has 0 atom stereocenters. The molecule has 148 valence electrons. The first-order chi connectivity index (χ1) is 13.8. The number of hydrogen-bond acceptors (Lipinski definition) is 7. The highest BCUT2D eigenvalue weighted by Gasteiger charge is 2.34. The second-order valence-corrected chi connectivity index (χ2v) is 8.18. The number of hydrazine groups is 1. The van der Waals surface area contributed by atoms with Gasteiger partial charge in [0.1, 0.15) is 5.75 Å². The maximum Gasteiger partial charge on any atom is 0.285 e. The van der Waals surface area contributed by atoms with Gasteiger partial charge in [-0.3, -0.25) is 25.1 Å². The van der Waals surface area contributed by atoms with E-state index in [-0.39, 0.29) is 14.9 Å². The van der Waals surface area contributed by atoms with Gasteiger partial charge in [0.15, 0.2) is 4.32 Å². The summed E-state index contributed by atoms with van der Waals surface area (Å²) in [6.07, 6.45) is 1.48. The van der Waals surface area contributed by atoms with Crippen LogP contribution >= 0.6 is 39.9 Å². The van der Waals surface area contributed by atoms with Crippen LogP contribution in [-0.4, -0.2) is 33.2 Å². The topological polar surface area (TPSA) is 102 Å². The van der Waals surface area contributed by atoms with Crippen molar-refractivity contribution < 1.29 is 19.2 Å². The number of rotatable bonds is 5. The van der Waals surface area contributed by atoms with Crippen LogP contribution in [0.4, 0.5) is 5.69 Å². The van der Waals surface area contributed by atoms with Gasteiger partial charge in [-0.1, -0.05) is 17.8 Å². The Morgan fingerprint density at radius 3 is 2.62 bits per heavy atom. The van der Waals surface area contributed by atoms with Crippen molar-refractivity contribution in [2.45, 2.75) is 0 Å². The van der Waals surface area contributed by atoms with Gasteiger partial charge in [-0.15, -0.1) is 0 Å². The summed E-state index contributed by atoms with van der Waals surface area (Å²) in [6.45, 7) is 0. The summed E-state index contributed by atoms with van der Waals surface area (Å²) >= 11 is 9.29. The fourth-order valence-corrected chi connectivity index (χ4v) is 3.95. The van der Waals surface area contributed by atoms with E-state index in [0.29, 0.717) is 21.3 Å². The largest absolute Gasteiger partial charge is 0.497 e. The van der Waals surface area contributed by atoms with E-state index in [2.05, 4.69) is 21.4 Å². The van der Waals surface area contributed by atoms with Crippen LogP contribution < -0.4 is 10.2 Å². The minimum absolute atomic E-state index is 0.123. The molecule has 0 radical (unpaired) electrons. The Morgan fingerprint density at radius 1 is 1.31 bits per heavy atom. The Morgan fingerprint density at radius 2 is 2.00 bits per heavy atom. The summed E-state index contributed by atoms with van der Waals surface area (Å²) in [5.74, 6) is -0.435. The highest BCUT2D eigenvalue weighted by Crippen LogP contribution is 2.33. The molecule has 0 bridgehead atoms. The van der Waals surface area contributed by atoms with Crippen LogP contribution in [0, 0.1) is 10.1 Å². The van der Waals surface area contributed by atoms with E-state index in [1.807, 2.05) is 0 Å². The van der Waals surface area contributed by atoms with Gasteiger partial charge in [0, 0.05) is 11.6 Å². The average Bonchev–Trinajstić information content (AvgIpc) is 2.96. The molecule has 11 heteroatoms. The lowest BCUT2D eigenvalue weighted by molar-refractivity contribution is -0.385. The highest BCUT2D eigenvalue weighted by atomic mass is 79.9. The monoisotopic (exact) mass is 493 g/mol. The summed E-state index contributed by atoms with van der Waals surface area (Å²) in [7, 11) is 1.52. The molecule has 8 nitrogen and oxygen atoms in total. The van der Waals surface area contributed by atoms with Crippen LogP contribution in [0.25, 0.3) is 6.08 Å². The molecular formula is C18H12BrN3O5S2. The number of methoxy groups -OCH3 is 1. The second kappa shape index (κ2) is 8.72. The zero-order chi connectivity index (χ0) is 21.1. The molecule has 2 aromatic rings. The third-order valence-electron chi connectivity index (χ3n) is 3.82. The first-order valence-electron chi connectivity index (χ1n) is 7.97. The van der Waals surface area contributed by atoms with Crippen LogP contribution in [0.15, 0.2) is 51.8 Å². The molecule has 1 saturated heterocycles. The van der Waals surface area contributed by atoms with Crippen molar-refractivity contribution in [3.05, 3.63) is 73.1 Å². The first kappa shape index (κ1) is 21.0. The molecule has 2 amide bonds. The van der Waals surface area contributed by atoms with Gasteiger partial charge in [-0.25, -0.2) is 0 Å². The number of carbonyl (C=O) groups is 2. The van der Waals surface area contributed by atoms with E-state index in [4.69, 9.17) is 17.0 Å². The Balaban J connectivity index is 1.78. The number of nitrogens with one attached hydrogen (secondary N) is 1. The third-order valence-corrected chi connectivity index (χ3v) is 5.80. The molecule has 0 aromatic heterocycles. The number of ether oxygens (including phenoxy) is 1. The summed E-state index contributed by atoms with van der Waals surface area (Å²) in [6, 6.07) is 10.9. The Labute approximate surface area is 183 Å². The fourth-order valence-electron chi connectivity index (χ4n) is 2.38. The lowest BCUT2D eigenvalue weighted by Crippen LogP contribution is -2.44. The van der Waals surface area contributed by atoms with Gasteiger partial charge in [0.25, 0.3) is 17.5 Å². The van der Waals surface area contributed by atoms with E-state index < -0.39 is 16.7 Å². The lowest BCUT2D eigenvalue weighted by Gasteiger charge is -2.15. The second-order valence-electron chi connectivity index (χ2n) is 5.65. The van der Waals surface area contributed by atoms with Crippen molar-refractivity contribution in [1.82, 2.24) is 10.4 Å². The van der Waals surface area contributed by atoms with Crippen molar-refractivity contribution in [1.29, 1.82) is 0 Å². The van der Waals surface area contributed by atoms with Crippen LogP contribution in [0.3, 0.4) is 0 Å². The number of nitrogens with zero attached hydrogens (tertiary/aromatic N) is 2. The van der Waals surface area contributed by atoms with Crippen molar-refractivity contribution in [3.8, 4) is 5.75 Å². The molecule has 3 rings (SSSR count). The van der Waals surface area contributed by atoms with Crippen molar-refractivity contribution in [2.75, 3.05) is 7.11 Å². The van der Waals surface area contributed by atoms with E-state index in [1.54, 1.807) is 30.3 Å². The highest BCUT2D eigenvalue weighted by molar-refractivity contribution is 9.10. The van der Waals surface area contributed by atoms with E-state index in [0.717, 1.165) is 16.8 Å². The van der Waals surface area contributed by atoms with Gasteiger partial charge in [-0.05, 0) is 70.1 Å². The quantitative estimate of drug-likeness (QED) is 0.291. The van der Waals surface area contributed by atoms with Crippen molar-refractivity contribution >= 4 is 67.8 Å². The number of thiocarbonyl (C=S) groups is 1. The smallest absolute Gasteiger partial charge is 0.285 e. The predicted molar refractivity (Wildman–Crippen MR) is 116 cm³/mol. The number of nitro benzene ring substituents is 1. The molecule has 1 N–H and O–H groups in total. The Bertz CT molecular complexity index is 1060. The number of amides is 2. The minimum Gasteiger partial charge on any atom is -0.497 e. The van der Waals surface area contributed by atoms with Crippen LogP contribution in [0.1, 0.15) is 15.9 Å². The van der Waals surface area contributed by atoms with Crippen LogP contribution in [0.5, 0.6) is 5.75 Å². The molecule has 2 aromatic carbocycles.